The minimum absolute atomic E-state index is 0. The molecule has 170 valence electrons. The highest BCUT2D eigenvalue weighted by Crippen LogP contribution is 2.20. The molecular formula is C25H37IN4O. The van der Waals surface area contributed by atoms with Crippen LogP contribution in [0.5, 0.6) is 5.75 Å². The van der Waals surface area contributed by atoms with E-state index in [0.29, 0.717) is 12.1 Å². The summed E-state index contributed by atoms with van der Waals surface area (Å²) in [5, 5.41) is 7.11. The van der Waals surface area contributed by atoms with E-state index in [9.17, 15) is 0 Å². The van der Waals surface area contributed by atoms with Gasteiger partial charge in [0.15, 0.2) is 5.96 Å². The molecule has 0 spiro atoms. The van der Waals surface area contributed by atoms with Crippen LogP contribution in [-0.2, 0) is 13.0 Å². The molecule has 2 atom stereocenters. The molecule has 2 unspecified atom stereocenters. The first-order valence-corrected chi connectivity index (χ1v) is 11.1. The van der Waals surface area contributed by atoms with Crippen LogP contribution in [0.3, 0.4) is 0 Å². The van der Waals surface area contributed by atoms with Crippen molar-refractivity contribution in [2.24, 2.45) is 4.99 Å². The molecule has 0 bridgehead atoms. The molecule has 2 aromatic rings. The van der Waals surface area contributed by atoms with Crippen molar-refractivity contribution in [1.82, 2.24) is 15.5 Å². The van der Waals surface area contributed by atoms with Crippen molar-refractivity contribution in [3.05, 3.63) is 65.7 Å². The first kappa shape index (κ1) is 25.5. The van der Waals surface area contributed by atoms with Crippen LogP contribution < -0.4 is 15.4 Å². The summed E-state index contributed by atoms with van der Waals surface area (Å²) in [6.45, 7) is 5.38. The Morgan fingerprint density at radius 1 is 1.13 bits per heavy atom. The van der Waals surface area contributed by atoms with Gasteiger partial charge < -0.3 is 15.4 Å². The number of aliphatic imine (C=N–C) groups is 1. The van der Waals surface area contributed by atoms with Crippen LogP contribution in [0, 0.1) is 0 Å². The van der Waals surface area contributed by atoms with Crippen molar-refractivity contribution in [3.63, 3.8) is 0 Å². The van der Waals surface area contributed by atoms with Crippen LogP contribution in [0.15, 0.2) is 59.6 Å². The maximum atomic E-state index is 5.30. The van der Waals surface area contributed by atoms with Crippen molar-refractivity contribution in [3.8, 4) is 5.75 Å². The second kappa shape index (κ2) is 13.6. The smallest absolute Gasteiger partial charge is 0.191 e. The average Bonchev–Trinajstić information content (AvgIpc) is 2.78. The van der Waals surface area contributed by atoms with Crippen LogP contribution in [0.4, 0.5) is 0 Å². The van der Waals surface area contributed by atoms with Gasteiger partial charge in [-0.05, 0) is 55.9 Å². The Kier molecular flexibility index (Phi) is 11.2. The van der Waals surface area contributed by atoms with Gasteiger partial charge in [0.2, 0.25) is 0 Å². The number of hydrogen-bond donors (Lipinski definition) is 2. The van der Waals surface area contributed by atoms with Crippen LogP contribution in [0.1, 0.15) is 37.3 Å². The predicted octanol–water partition coefficient (Wildman–Crippen LogP) is 4.46. The van der Waals surface area contributed by atoms with E-state index >= 15 is 0 Å². The predicted molar refractivity (Wildman–Crippen MR) is 141 cm³/mol. The summed E-state index contributed by atoms with van der Waals surface area (Å²) in [5.41, 5.74) is 2.70. The summed E-state index contributed by atoms with van der Waals surface area (Å²) < 4.78 is 5.30. The van der Waals surface area contributed by atoms with Crippen molar-refractivity contribution >= 4 is 29.9 Å². The zero-order valence-electron chi connectivity index (χ0n) is 19.0. The number of likely N-dealkylation sites (tertiary alicyclic amines) is 1. The highest BCUT2D eigenvalue weighted by molar-refractivity contribution is 14.0. The van der Waals surface area contributed by atoms with Gasteiger partial charge in [0.05, 0.1) is 7.11 Å². The monoisotopic (exact) mass is 536 g/mol. The fraction of sp³-hybridized carbons (Fsp3) is 0.480. The molecule has 1 aliphatic rings. The number of ether oxygens (including phenoxy) is 1. The first-order chi connectivity index (χ1) is 14.7. The Morgan fingerprint density at radius 3 is 2.61 bits per heavy atom. The second-order valence-corrected chi connectivity index (χ2v) is 8.12. The van der Waals surface area contributed by atoms with Gasteiger partial charge in [-0.25, -0.2) is 0 Å². The van der Waals surface area contributed by atoms with E-state index in [1.54, 1.807) is 7.11 Å². The molecule has 1 saturated heterocycles. The van der Waals surface area contributed by atoms with E-state index in [-0.39, 0.29) is 24.0 Å². The van der Waals surface area contributed by atoms with Gasteiger partial charge in [-0.2, -0.15) is 0 Å². The molecule has 1 aliphatic heterocycles. The molecule has 0 amide bonds. The molecule has 6 heteroatoms. The van der Waals surface area contributed by atoms with Gasteiger partial charge in [0.25, 0.3) is 0 Å². The number of nitrogens with zero attached hydrogens (tertiary/aromatic N) is 2. The van der Waals surface area contributed by atoms with Gasteiger partial charge in [0.1, 0.15) is 5.75 Å². The number of aryl methyl sites for hydroxylation is 1. The fourth-order valence-corrected chi connectivity index (χ4v) is 4.12. The lowest BCUT2D eigenvalue weighted by atomic mass is 9.97. The molecule has 0 radical (unpaired) electrons. The van der Waals surface area contributed by atoms with E-state index in [1.165, 1.54) is 11.1 Å². The van der Waals surface area contributed by atoms with Crippen LogP contribution in [-0.4, -0.2) is 50.2 Å². The quantitative estimate of drug-likeness (QED) is 0.226. The molecule has 0 aliphatic carbocycles. The maximum Gasteiger partial charge on any atom is 0.191 e. The molecule has 2 aromatic carbocycles. The summed E-state index contributed by atoms with van der Waals surface area (Å²) in [6.07, 6.45) is 4.36. The molecule has 1 heterocycles. The van der Waals surface area contributed by atoms with Gasteiger partial charge in [-0.1, -0.05) is 42.5 Å². The highest BCUT2D eigenvalue weighted by Gasteiger charge is 2.25. The summed E-state index contributed by atoms with van der Waals surface area (Å²) in [5.74, 6) is 1.83. The van der Waals surface area contributed by atoms with Gasteiger partial charge in [-0.15, -0.1) is 24.0 Å². The normalized spacial score (nSPS) is 19.4. The number of nitrogens with one attached hydrogen (secondary N) is 2. The Bertz CT molecular complexity index is 799. The standard InChI is InChI=1S/C25H36N4O.HI/c1-20-17-23(14-16-29(20)19-22-9-5-4-6-10-22)28-25(26-2)27-15-8-12-21-11-7-13-24(18-21)30-3;/h4-7,9-11,13,18,20,23H,8,12,14-17,19H2,1-3H3,(H2,26,27,28);1H. The number of benzene rings is 2. The van der Waals surface area contributed by atoms with Gasteiger partial charge in [0, 0.05) is 38.8 Å². The molecule has 31 heavy (non-hydrogen) atoms. The largest absolute Gasteiger partial charge is 0.497 e. The van der Waals surface area contributed by atoms with Gasteiger partial charge >= 0.3 is 0 Å². The summed E-state index contributed by atoms with van der Waals surface area (Å²) in [7, 11) is 3.56. The van der Waals surface area contributed by atoms with E-state index in [0.717, 1.165) is 57.0 Å². The van der Waals surface area contributed by atoms with Crippen LogP contribution in [0.25, 0.3) is 0 Å². The number of piperidine rings is 1. The third-order valence-electron chi connectivity index (χ3n) is 5.88. The topological polar surface area (TPSA) is 48.9 Å². The summed E-state index contributed by atoms with van der Waals surface area (Å²) in [4.78, 5) is 7.01. The lowest BCUT2D eigenvalue weighted by Crippen LogP contribution is -2.51. The Morgan fingerprint density at radius 2 is 1.90 bits per heavy atom. The number of guanidine groups is 1. The third kappa shape index (κ3) is 8.33. The van der Waals surface area contributed by atoms with E-state index in [1.807, 2.05) is 19.2 Å². The third-order valence-corrected chi connectivity index (χ3v) is 5.88. The molecule has 0 aromatic heterocycles. The minimum atomic E-state index is 0. The van der Waals surface area contributed by atoms with Crippen LogP contribution in [0.2, 0.25) is 0 Å². The van der Waals surface area contributed by atoms with Crippen molar-refractivity contribution in [1.29, 1.82) is 0 Å². The summed E-state index contributed by atoms with van der Waals surface area (Å²) >= 11 is 0. The van der Waals surface area contributed by atoms with E-state index in [2.05, 4.69) is 69.9 Å². The molecule has 5 nitrogen and oxygen atoms in total. The Hall–Kier alpha value is -1.80. The first-order valence-electron chi connectivity index (χ1n) is 11.1. The number of methoxy groups -OCH3 is 1. The molecular weight excluding hydrogens is 499 g/mol. The fourth-order valence-electron chi connectivity index (χ4n) is 4.12. The highest BCUT2D eigenvalue weighted by atomic mass is 127. The molecule has 0 saturated carbocycles. The minimum Gasteiger partial charge on any atom is -0.497 e. The van der Waals surface area contributed by atoms with E-state index < -0.39 is 0 Å². The van der Waals surface area contributed by atoms with Crippen molar-refractivity contribution in [2.75, 3.05) is 27.2 Å². The number of rotatable bonds is 8. The molecule has 2 N–H and O–H groups in total. The SMILES string of the molecule is CN=C(NCCCc1cccc(OC)c1)NC1CCN(Cc2ccccc2)C(C)C1.I. The Balaban J connectivity index is 0.00000341. The number of hydrogen-bond acceptors (Lipinski definition) is 3. The zero-order chi connectivity index (χ0) is 21.2. The van der Waals surface area contributed by atoms with Crippen LogP contribution >= 0.6 is 24.0 Å². The lowest BCUT2D eigenvalue weighted by Gasteiger charge is -2.38. The van der Waals surface area contributed by atoms with Crippen molar-refractivity contribution < 1.29 is 4.74 Å². The Labute approximate surface area is 204 Å². The summed E-state index contributed by atoms with van der Waals surface area (Å²) in [6, 6.07) is 20.1. The number of halogens is 1. The van der Waals surface area contributed by atoms with E-state index in [4.69, 9.17) is 4.74 Å². The average molecular weight is 537 g/mol. The lowest BCUT2D eigenvalue weighted by molar-refractivity contribution is 0.134. The van der Waals surface area contributed by atoms with Crippen molar-refractivity contribution in [2.45, 2.75) is 51.2 Å². The molecule has 1 fully saturated rings. The maximum absolute atomic E-state index is 5.30. The molecule has 3 rings (SSSR count). The van der Waals surface area contributed by atoms with Gasteiger partial charge in [-0.3, -0.25) is 9.89 Å². The second-order valence-electron chi connectivity index (χ2n) is 8.12. The zero-order valence-corrected chi connectivity index (χ0v) is 21.3.